The number of carbonyl (C=O) groups excluding carboxylic acids is 1. The van der Waals surface area contributed by atoms with Crippen LogP contribution < -0.4 is 5.32 Å². The van der Waals surface area contributed by atoms with Crippen LogP contribution in [0.4, 0.5) is 15.8 Å². The quantitative estimate of drug-likeness (QED) is 0.379. The van der Waals surface area contributed by atoms with Gasteiger partial charge in [0, 0.05) is 16.6 Å². The summed E-state index contributed by atoms with van der Waals surface area (Å²) in [5.74, 6) is -0.290. The zero-order chi connectivity index (χ0) is 18.5. The highest BCUT2D eigenvalue weighted by Gasteiger charge is 2.17. The summed E-state index contributed by atoms with van der Waals surface area (Å²) in [6.07, 6.45) is 0. The van der Waals surface area contributed by atoms with Crippen LogP contribution in [0.3, 0.4) is 0 Å². The summed E-state index contributed by atoms with van der Waals surface area (Å²) < 4.78 is 18.8. The fraction of sp³-hybridized carbons (Fsp3) is 0.0556. The van der Waals surface area contributed by atoms with Crippen LogP contribution in [-0.2, 0) is 5.75 Å². The molecule has 1 heterocycles. The van der Waals surface area contributed by atoms with Gasteiger partial charge in [0.15, 0.2) is 5.76 Å². The summed E-state index contributed by atoms with van der Waals surface area (Å²) in [5, 5.41) is 13.2. The molecule has 0 radical (unpaired) electrons. The van der Waals surface area contributed by atoms with Gasteiger partial charge in [-0.05, 0) is 36.4 Å². The van der Waals surface area contributed by atoms with Crippen molar-refractivity contribution in [2.45, 2.75) is 10.6 Å². The van der Waals surface area contributed by atoms with Gasteiger partial charge in [-0.1, -0.05) is 18.2 Å². The van der Waals surface area contributed by atoms with E-state index in [0.717, 1.165) is 17.0 Å². The predicted octanol–water partition coefficient (Wildman–Crippen LogP) is 4.87. The van der Waals surface area contributed by atoms with Gasteiger partial charge in [0.1, 0.15) is 5.76 Å². The van der Waals surface area contributed by atoms with Crippen LogP contribution in [0.5, 0.6) is 0 Å². The summed E-state index contributed by atoms with van der Waals surface area (Å²) in [6.45, 7) is 0. The third-order valence-electron chi connectivity index (χ3n) is 3.41. The van der Waals surface area contributed by atoms with Crippen LogP contribution in [0.1, 0.15) is 16.3 Å². The van der Waals surface area contributed by atoms with Crippen LogP contribution in [0, 0.1) is 15.9 Å². The largest absolute Gasteiger partial charge is 0.455 e. The number of amides is 1. The Hall–Kier alpha value is -3.13. The van der Waals surface area contributed by atoms with E-state index in [0.29, 0.717) is 11.5 Å². The van der Waals surface area contributed by atoms with E-state index in [1.54, 1.807) is 17.8 Å². The molecule has 0 bridgehead atoms. The average molecular weight is 372 g/mol. The number of nitrogens with one attached hydrogen (secondary N) is 1. The molecule has 0 fully saturated rings. The molecule has 132 valence electrons. The maximum atomic E-state index is 13.3. The number of hydrogen-bond donors (Lipinski definition) is 1. The second-order valence-corrected chi connectivity index (χ2v) is 6.29. The fourth-order valence-corrected chi connectivity index (χ4v) is 2.99. The topological polar surface area (TPSA) is 85.4 Å². The molecule has 0 saturated carbocycles. The summed E-state index contributed by atoms with van der Waals surface area (Å²) in [5.41, 5.74) is -0.595. The Labute approximate surface area is 152 Å². The lowest BCUT2D eigenvalue weighted by Gasteiger charge is -2.03. The third kappa shape index (κ3) is 4.28. The zero-order valence-corrected chi connectivity index (χ0v) is 14.2. The second kappa shape index (κ2) is 7.83. The van der Waals surface area contributed by atoms with Gasteiger partial charge in [0.05, 0.1) is 10.7 Å². The number of anilines is 1. The first kappa shape index (κ1) is 17.7. The van der Waals surface area contributed by atoms with Gasteiger partial charge < -0.3 is 9.73 Å². The maximum Gasteiger partial charge on any atom is 0.306 e. The number of hydrogen-bond acceptors (Lipinski definition) is 5. The minimum atomic E-state index is -0.966. The Kier molecular flexibility index (Phi) is 5.33. The number of benzene rings is 2. The lowest BCUT2D eigenvalue weighted by atomic mass is 10.2. The SMILES string of the molecule is O=C(Nc1ccc(F)c([N+](=O)[O-])c1)c1ccc(CSc2ccccc2)o1. The third-order valence-corrected chi connectivity index (χ3v) is 4.44. The van der Waals surface area contributed by atoms with Crippen LogP contribution in [-0.4, -0.2) is 10.8 Å². The Balaban J connectivity index is 1.65. The molecular weight excluding hydrogens is 359 g/mol. The van der Waals surface area contributed by atoms with E-state index >= 15 is 0 Å². The standard InChI is InChI=1S/C18H13FN2O4S/c19-15-8-6-12(10-16(15)21(23)24)20-18(22)17-9-7-13(25-17)11-26-14-4-2-1-3-5-14/h1-10H,11H2,(H,20,22). The normalized spacial score (nSPS) is 10.5. The zero-order valence-electron chi connectivity index (χ0n) is 13.3. The van der Waals surface area contributed by atoms with E-state index in [-0.39, 0.29) is 11.4 Å². The molecule has 0 atom stereocenters. The fourth-order valence-electron chi connectivity index (χ4n) is 2.17. The summed E-state index contributed by atoms with van der Waals surface area (Å²) >= 11 is 1.57. The molecule has 0 aliphatic heterocycles. The molecule has 1 aromatic heterocycles. The smallest absolute Gasteiger partial charge is 0.306 e. The van der Waals surface area contributed by atoms with Crippen molar-refractivity contribution in [3.8, 4) is 0 Å². The number of furan rings is 1. The van der Waals surface area contributed by atoms with E-state index in [4.69, 9.17) is 4.42 Å². The van der Waals surface area contributed by atoms with Gasteiger partial charge in [0.2, 0.25) is 5.82 Å². The van der Waals surface area contributed by atoms with Crippen molar-refractivity contribution in [3.05, 3.63) is 88.1 Å². The first-order valence-corrected chi connectivity index (χ1v) is 8.53. The van der Waals surface area contributed by atoms with Crippen molar-refractivity contribution in [1.29, 1.82) is 0 Å². The molecule has 0 unspecified atom stereocenters. The lowest BCUT2D eigenvalue weighted by molar-refractivity contribution is -0.387. The van der Waals surface area contributed by atoms with Crippen LogP contribution in [0.2, 0.25) is 0 Å². The number of carbonyl (C=O) groups is 1. The monoisotopic (exact) mass is 372 g/mol. The molecule has 1 N–H and O–H groups in total. The van der Waals surface area contributed by atoms with E-state index in [2.05, 4.69) is 5.32 Å². The van der Waals surface area contributed by atoms with Crippen LogP contribution in [0.25, 0.3) is 0 Å². The number of rotatable bonds is 6. The first-order valence-electron chi connectivity index (χ1n) is 7.55. The molecule has 8 heteroatoms. The van der Waals surface area contributed by atoms with Crippen molar-refractivity contribution in [1.82, 2.24) is 0 Å². The predicted molar refractivity (Wildman–Crippen MR) is 95.7 cm³/mol. The molecule has 0 spiro atoms. The number of nitro groups is 1. The molecule has 6 nitrogen and oxygen atoms in total. The van der Waals surface area contributed by atoms with Gasteiger partial charge >= 0.3 is 5.69 Å². The molecule has 0 saturated heterocycles. The number of nitrogens with zero attached hydrogens (tertiary/aromatic N) is 1. The Morgan fingerprint density at radius 3 is 2.65 bits per heavy atom. The van der Waals surface area contributed by atoms with Gasteiger partial charge in [-0.25, -0.2) is 0 Å². The highest BCUT2D eigenvalue weighted by atomic mass is 32.2. The van der Waals surface area contributed by atoms with E-state index < -0.39 is 22.3 Å². The summed E-state index contributed by atoms with van der Waals surface area (Å²) in [6, 6.07) is 16.1. The van der Waals surface area contributed by atoms with Crippen molar-refractivity contribution < 1.29 is 18.5 Å². The molecule has 3 aromatic rings. The van der Waals surface area contributed by atoms with Gasteiger partial charge in [-0.15, -0.1) is 11.8 Å². The highest BCUT2D eigenvalue weighted by Crippen LogP contribution is 2.25. The minimum Gasteiger partial charge on any atom is -0.455 e. The van der Waals surface area contributed by atoms with Gasteiger partial charge in [0.25, 0.3) is 5.91 Å². The molecule has 26 heavy (non-hydrogen) atoms. The lowest BCUT2D eigenvalue weighted by Crippen LogP contribution is -2.11. The van der Waals surface area contributed by atoms with Crippen molar-refractivity contribution >= 4 is 29.0 Å². The van der Waals surface area contributed by atoms with Crippen molar-refractivity contribution in [2.24, 2.45) is 0 Å². The average Bonchev–Trinajstić information content (AvgIpc) is 3.11. The van der Waals surface area contributed by atoms with Gasteiger partial charge in [-0.3, -0.25) is 14.9 Å². The number of thioether (sulfide) groups is 1. The number of nitro benzene ring substituents is 1. The van der Waals surface area contributed by atoms with Crippen LogP contribution >= 0.6 is 11.8 Å². The molecule has 1 amide bonds. The minimum absolute atomic E-state index is 0.0700. The summed E-state index contributed by atoms with van der Waals surface area (Å²) in [4.78, 5) is 23.2. The second-order valence-electron chi connectivity index (χ2n) is 5.25. The molecule has 0 aliphatic rings. The molecular formula is C18H13FN2O4S. The Morgan fingerprint density at radius 2 is 1.92 bits per heavy atom. The van der Waals surface area contributed by atoms with E-state index in [1.807, 2.05) is 30.3 Å². The van der Waals surface area contributed by atoms with E-state index in [9.17, 15) is 19.3 Å². The number of halogens is 1. The van der Waals surface area contributed by atoms with Gasteiger partial charge in [-0.2, -0.15) is 4.39 Å². The molecule has 3 rings (SSSR count). The van der Waals surface area contributed by atoms with Crippen molar-refractivity contribution in [2.75, 3.05) is 5.32 Å². The van der Waals surface area contributed by atoms with E-state index in [1.165, 1.54) is 12.1 Å². The first-order chi connectivity index (χ1) is 12.5. The Morgan fingerprint density at radius 1 is 1.15 bits per heavy atom. The molecule has 2 aromatic carbocycles. The maximum absolute atomic E-state index is 13.3. The highest BCUT2D eigenvalue weighted by molar-refractivity contribution is 7.98. The van der Waals surface area contributed by atoms with Crippen LogP contribution in [0.15, 0.2) is 70.0 Å². The molecule has 0 aliphatic carbocycles. The van der Waals surface area contributed by atoms with Crippen molar-refractivity contribution in [3.63, 3.8) is 0 Å². The Bertz CT molecular complexity index is 943. The summed E-state index contributed by atoms with van der Waals surface area (Å²) in [7, 11) is 0.